The molecule has 1 amide bonds. The number of carbonyl (C=O) groups excluding carboxylic acids is 1. The molecular weight excluding hydrogens is 352 g/mol. The van der Waals surface area contributed by atoms with Crippen LogP contribution in [-0.2, 0) is 4.79 Å². The van der Waals surface area contributed by atoms with Crippen molar-refractivity contribution >= 4 is 30.1 Å². The van der Waals surface area contributed by atoms with Gasteiger partial charge in [-0.05, 0) is 57.6 Å². The van der Waals surface area contributed by atoms with Crippen LogP contribution in [0, 0.1) is 6.92 Å². The predicted octanol–water partition coefficient (Wildman–Crippen LogP) is 4.22. The molecule has 2 heterocycles. The molecule has 1 saturated carbocycles. The predicted molar refractivity (Wildman–Crippen MR) is 107 cm³/mol. The van der Waals surface area contributed by atoms with E-state index in [1.165, 1.54) is 36.1 Å². The Hall–Kier alpha value is -0.710. The van der Waals surface area contributed by atoms with E-state index in [0.29, 0.717) is 18.1 Å². The number of rotatable bonds is 4. The Morgan fingerprint density at radius 1 is 1.12 bits per heavy atom. The van der Waals surface area contributed by atoms with Crippen LogP contribution in [0.3, 0.4) is 0 Å². The van der Waals surface area contributed by atoms with E-state index >= 15 is 0 Å². The molecule has 3 nitrogen and oxygen atoms in total. The van der Waals surface area contributed by atoms with Gasteiger partial charge in [-0.1, -0.05) is 30.5 Å². The zero-order valence-corrected chi connectivity index (χ0v) is 16.6. The molecule has 0 aromatic heterocycles. The second kappa shape index (κ2) is 7.89. The van der Waals surface area contributed by atoms with Crippen molar-refractivity contribution in [2.24, 2.45) is 0 Å². The lowest BCUT2D eigenvalue weighted by Gasteiger charge is -2.34. The lowest BCUT2D eigenvalue weighted by molar-refractivity contribution is -0.124. The van der Waals surface area contributed by atoms with E-state index in [0.717, 1.165) is 25.7 Å². The minimum Gasteiger partial charge on any atom is -0.352 e. The number of benzene rings is 1. The molecule has 2 N–H and O–H groups in total. The lowest BCUT2D eigenvalue weighted by atomic mass is 9.98. The van der Waals surface area contributed by atoms with Gasteiger partial charge in [0.05, 0.1) is 4.75 Å². The molecule has 5 heteroatoms. The first-order valence-corrected chi connectivity index (χ1v) is 10.3. The van der Waals surface area contributed by atoms with E-state index in [9.17, 15) is 4.79 Å². The van der Waals surface area contributed by atoms with Crippen LogP contribution in [0.4, 0.5) is 0 Å². The highest BCUT2D eigenvalue weighted by Gasteiger charge is 2.44. The smallest absolute Gasteiger partial charge is 0.236 e. The Balaban J connectivity index is 0.00000182. The normalized spacial score (nSPS) is 29.9. The van der Waals surface area contributed by atoms with Crippen molar-refractivity contribution in [2.75, 3.05) is 0 Å². The molecule has 2 bridgehead atoms. The molecule has 1 aliphatic carbocycles. The number of amides is 1. The van der Waals surface area contributed by atoms with Crippen molar-refractivity contribution in [1.82, 2.24) is 10.6 Å². The number of hydrogen-bond donors (Lipinski definition) is 2. The van der Waals surface area contributed by atoms with Crippen LogP contribution in [0.5, 0.6) is 0 Å². The molecule has 2 unspecified atom stereocenters. The first kappa shape index (κ1) is 19.1. The van der Waals surface area contributed by atoms with E-state index in [2.05, 4.69) is 41.8 Å². The molecule has 2 aliphatic heterocycles. The Bertz CT molecular complexity index is 588. The number of aryl methyl sites for hydroxylation is 1. The van der Waals surface area contributed by atoms with Gasteiger partial charge in [-0.3, -0.25) is 4.79 Å². The van der Waals surface area contributed by atoms with Crippen LogP contribution >= 0.6 is 24.2 Å². The van der Waals surface area contributed by atoms with Gasteiger partial charge in [-0.2, -0.15) is 0 Å². The largest absolute Gasteiger partial charge is 0.352 e. The van der Waals surface area contributed by atoms with Crippen LogP contribution in [-0.4, -0.2) is 28.8 Å². The van der Waals surface area contributed by atoms with Gasteiger partial charge in [0, 0.05) is 23.0 Å². The number of piperidine rings is 1. The molecule has 1 aromatic rings. The van der Waals surface area contributed by atoms with E-state index in [1.807, 2.05) is 0 Å². The highest BCUT2D eigenvalue weighted by Crippen LogP contribution is 2.45. The Morgan fingerprint density at radius 3 is 2.32 bits per heavy atom. The van der Waals surface area contributed by atoms with E-state index in [1.54, 1.807) is 11.8 Å². The average Bonchev–Trinajstić information content (AvgIpc) is 3.17. The summed E-state index contributed by atoms with van der Waals surface area (Å²) in [4.78, 5) is 14.4. The summed E-state index contributed by atoms with van der Waals surface area (Å²) >= 11 is 1.79. The second-order valence-electron chi connectivity index (χ2n) is 7.90. The first-order valence-electron chi connectivity index (χ1n) is 9.46. The summed E-state index contributed by atoms with van der Waals surface area (Å²) in [5.41, 5.74) is 1.27. The average molecular weight is 381 g/mol. The third-order valence-electron chi connectivity index (χ3n) is 5.97. The number of nitrogens with one attached hydrogen (secondary N) is 2. The second-order valence-corrected chi connectivity index (χ2v) is 9.35. The van der Waals surface area contributed by atoms with Gasteiger partial charge < -0.3 is 10.6 Å². The third kappa shape index (κ3) is 4.17. The van der Waals surface area contributed by atoms with Gasteiger partial charge in [0.15, 0.2) is 0 Å². The Morgan fingerprint density at radius 2 is 1.72 bits per heavy atom. The van der Waals surface area contributed by atoms with E-state index < -0.39 is 0 Å². The molecule has 3 fully saturated rings. The molecule has 0 spiro atoms. The van der Waals surface area contributed by atoms with E-state index in [-0.39, 0.29) is 23.1 Å². The molecule has 2 atom stereocenters. The minimum absolute atomic E-state index is 0. The van der Waals surface area contributed by atoms with Crippen molar-refractivity contribution < 1.29 is 4.79 Å². The molecular formula is C20H29ClN2OS. The topological polar surface area (TPSA) is 41.1 Å². The molecule has 0 radical (unpaired) electrons. The van der Waals surface area contributed by atoms with Gasteiger partial charge in [0.25, 0.3) is 0 Å². The van der Waals surface area contributed by atoms with Crippen LogP contribution in [0.2, 0.25) is 0 Å². The minimum atomic E-state index is -0.251. The number of hydrogen-bond acceptors (Lipinski definition) is 3. The highest BCUT2D eigenvalue weighted by molar-refractivity contribution is 8.01. The Kier molecular flexibility index (Phi) is 6.02. The van der Waals surface area contributed by atoms with Gasteiger partial charge in [0.2, 0.25) is 5.91 Å². The lowest BCUT2D eigenvalue weighted by Crippen LogP contribution is -2.52. The van der Waals surface area contributed by atoms with E-state index in [4.69, 9.17) is 0 Å². The molecule has 3 aliphatic rings. The van der Waals surface area contributed by atoms with Crippen LogP contribution in [0.15, 0.2) is 29.2 Å². The summed E-state index contributed by atoms with van der Waals surface area (Å²) in [5, 5.41) is 7.10. The number of fused-ring (bicyclic) bond motifs is 2. The van der Waals surface area contributed by atoms with Gasteiger partial charge in [0.1, 0.15) is 0 Å². The van der Waals surface area contributed by atoms with Crippen LogP contribution < -0.4 is 10.6 Å². The fraction of sp³-hybridized carbons (Fsp3) is 0.650. The molecule has 2 saturated heterocycles. The quantitative estimate of drug-likeness (QED) is 0.821. The summed E-state index contributed by atoms with van der Waals surface area (Å²) < 4.78 is -0.251. The van der Waals surface area contributed by atoms with Crippen molar-refractivity contribution in [2.45, 2.75) is 86.1 Å². The summed E-state index contributed by atoms with van der Waals surface area (Å²) in [6.07, 6.45) is 9.12. The summed E-state index contributed by atoms with van der Waals surface area (Å²) in [5.74, 6) is 0.289. The molecule has 1 aromatic carbocycles. The van der Waals surface area contributed by atoms with Crippen molar-refractivity contribution in [3.8, 4) is 0 Å². The van der Waals surface area contributed by atoms with Crippen molar-refractivity contribution in [1.29, 1.82) is 0 Å². The van der Waals surface area contributed by atoms with Gasteiger partial charge >= 0.3 is 0 Å². The summed E-state index contributed by atoms with van der Waals surface area (Å²) in [7, 11) is 0. The molecule has 25 heavy (non-hydrogen) atoms. The zero-order chi connectivity index (χ0) is 16.6. The van der Waals surface area contributed by atoms with Gasteiger partial charge in [-0.25, -0.2) is 0 Å². The third-order valence-corrected chi connectivity index (χ3v) is 7.46. The maximum atomic E-state index is 13.2. The number of carbonyl (C=O) groups is 1. The van der Waals surface area contributed by atoms with Gasteiger partial charge in [-0.15, -0.1) is 24.2 Å². The maximum Gasteiger partial charge on any atom is 0.236 e. The highest BCUT2D eigenvalue weighted by atomic mass is 35.5. The standard InChI is InChI=1S/C20H28N2OS.ClH/c1-14-4-8-18(9-5-14)24-20(10-2-3-11-20)19(23)22-17-12-15-6-7-16(13-17)21-15;/h4-5,8-9,15-17,21H,2-3,6-7,10-13H2,1H3,(H,22,23);1H. The van der Waals surface area contributed by atoms with Crippen LogP contribution in [0.25, 0.3) is 0 Å². The number of thioether (sulfide) groups is 1. The fourth-order valence-corrected chi connectivity index (χ4v) is 6.01. The molecule has 4 rings (SSSR count). The zero-order valence-electron chi connectivity index (χ0n) is 14.9. The molecule has 138 valence electrons. The van der Waals surface area contributed by atoms with Crippen molar-refractivity contribution in [3.63, 3.8) is 0 Å². The Labute approximate surface area is 161 Å². The summed E-state index contributed by atoms with van der Waals surface area (Å²) in [6.45, 7) is 2.11. The maximum absolute atomic E-state index is 13.2. The number of halogens is 1. The SMILES string of the molecule is Cc1ccc(SC2(C(=O)NC3CC4CCC(C3)N4)CCCC2)cc1.Cl. The monoisotopic (exact) mass is 380 g/mol. The van der Waals surface area contributed by atoms with Crippen molar-refractivity contribution in [3.05, 3.63) is 29.8 Å². The first-order chi connectivity index (χ1) is 11.6. The summed E-state index contributed by atoms with van der Waals surface area (Å²) in [6, 6.07) is 10.2. The van der Waals surface area contributed by atoms with Crippen LogP contribution in [0.1, 0.15) is 56.9 Å². The fourth-order valence-electron chi connectivity index (χ4n) is 4.65.